The van der Waals surface area contributed by atoms with Crippen LogP contribution in [0.25, 0.3) is 11.4 Å². The van der Waals surface area contributed by atoms with E-state index in [1.54, 1.807) is 0 Å². The highest BCUT2D eigenvalue weighted by Gasteiger charge is 2.19. The van der Waals surface area contributed by atoms with Crippen molar-refractivity contribution in [2.24, 2.45) is 0 Å². The zero-order valence-electron chi connectivity index (χ0n) is 11.7. The number of rotatable bonds is 2. The number of anilines is 1. The Morgan fingerprint density at radius 2 is 1.89 bits per heavy atom. The van der Waals surface area contributed by atoms with E-state index < -0.39 is 0 Å². The third kappa shape index (κ3) is 2.09. The molecule has 1 aromatic heterocycles. The average Bonchev–Trinajstić information content (AvgIpc) is 2.89. The van der Waals surface area contributed by atoms with Gasteiger partial charge in [0.1, 0.15) is 5.82 Å². The number of hydrogen-bond donors (Lipinski definition) is 1. The lowest BCUT2D eigenvalue weighted by Gasteiger charge is -2.10. The van der Waals surface area contributed by atoms with Crippen molar-refractivity contribution in [2.75, 3.05) is 12.4 Å². The molecule has 0 saturated heterocycles. The molecule has 19 heavy (non-hydrogen) atoms. The molecule has 0 aliphatic heterocycles. The van der Waals surface area contributed by atoms with Crippen molar-refractivity contribution in [1.82, 2.24) is 9.97 Å². The number of nitrogens with one attached hydrogen (secondary N) is 1. The molecule has 1 aliphatic rings. The van der Waals surface area contributed by atoms with Gasteiger partial charge in [-0.3, -0.25) is 0 Å². The third-order valence-corrected chi connectivity index (χ3v) is 3.94. The molecule has 0 atom stereocenters. The molecule has 1 aliphatic carbocycles. The summed E-state index contributed by atoms with van der Waals surface area (Å²) in [6, 6.07) is 6.42. The van der Waals surface area contributed by atoms with Crippen LogP contribution in [0.1, 0.15) is 28.8 Å². The van der Waals surface area contributed by atoms with Crippen LogP contribution in [0.2, 0.25) is 0 Å². The van der Waals surface area contributed by atoms with E-state index >= 15 is 0 Å². The van der Waals surface area contributed by atoms with Crippen LogP contribution < -0.4 is 5.32 Å². The topological polar surface area (TPSA) is 37.8 Å². The fraction of sp³-hybridized carbons (Fsp3) is 0.375. The molecule has 0 unspecified atom stereocenters. The fourth-order valence-corrected chi connectivity index (χ4v) is 2.65. The SMILES string of the molecule is CNc1nc(-c2ccc(C)c(C)c2)nc2c1CCC2. The Kier molecular flexibility index (Phi) is 2.97. The van der Waals surface area contributed by atoms with Gasteiger partial charge in [-0.2, -0.15) is 0 Å². The first kappa shape index (κ1) is 12.2. The summed E-state index contributed by atoms with van der Waals surface area (Å²) in [7, 11) is 1.94. The molecular weight excluding hydrogens is 234 g/mol. The molecule has 3 nitrogen and oxygen atoms in total. The van der Waals surface area contributed by atoms with Crippen LogP contribution in [0.4, 0.5) is 5.82 Å². The first-order valence-corrected chi connectivity index (χ1v) is 6.84. The molecule has 3 rings (SSSR count). The van der Waals surface area contributed by atoms with E-state index in [0.717, 1.165) is 30.0 Å². The molecule has 2 aromatic rings. The molecule has 0 saturated carbocycles. The molecule has 0 spiro atoms. The number of fused-ring (bicyclic) bond motifs is 1. The lowest BCUT2D eigenvalue weighted by molar-refractivity contribution is 0.900. The van der Waals surface area contributed by atoms with E-state index in [-0.39, 0.29) is 0 Å². The summed E-state index contributed by atoms with van der Waals surface area (Å²) in [6.07, 6.45) is 3.36. The number of hydrogen-bond acceptors (Lipinski definition) is 3. The highest BCUT2D eigenvalue weighted by Crippen LogP contribution is 2.29. The Bertz CT molecular complexity index is 632. The van der Waals surface area contributed by atoms with Gasteiger partial charge in [-0.15, -0.1) is 0 Å². The molecule has 1 N–H and O–H groups in total. The van der Waals surface area contributed by atoms with Crippen molar-refractivity contribution in [3.63, 3.8) is 0 Å². The third-order valence-electron chi connectivity index (χ3n) is 3.94. The first-order chi connectivity index (χ1) is 9.19. The number of nitrogens with zero attached hydrogens (tertiary/aromatic N) is 2. The average molecular weight is 253 g/mol. The van der Waals surface area contributed by atoms with Crippen LogP contribution in [0.15, 0.2) is 18.2 Å². The minimum absolute atomic E-state index is 0.841. The maximum absolute atomic E-state index is 4.75. The quantitative estimate of drug-likeness (QED) is 0.892. The number of aromatic nitrogens is 2. The van der Waals surface area contributed by atoms with Gasteiger partial charge in [-0.25, -0.2) is 9.97 Å². The summed E-state index contributed by atoms with van der Waals surface area (Å²) in [4.78, 5) is 9.43. The summed E-state index contributed by atoms with van der Waals surface area (Å²) in [5.74, 6) is 1.84. The van der Waals surface area contributed by atoms with Crippen molar-refractivity contribution in [3.8, 4) is 11.4 Å². The minimum Gasteiger partial charge on any atom is -0.373 e. The van der Waals surface area contributed by atoms with Crippen molar-refractivity contribution in [1.29, 1.82) is 0 Å². The maximum atomic E-state index is 4.75. The van der Waals surface area contributed by atoms with Crippen LogP contribution in [-0.2, 0) is 12.8 Å². The van der Waals surface area contributed by atoms with Crippen LogP contribution in [0.3, 0.4) is 0 Å². The van der Waals surface area contributed by atoms with E-state index in [2.05, 4.69) is 42.3 Å². The summed E-state index contributed by atoms with van der Waals surface area (Å²) in [5.41, 5.74) is 6.21. The normalized spacial score (nSPS) is 13.4. The summed E-state index contributed by atoms with van der Waals surface area (Å²) in [6.45, 7) is 4.26. The molecule has 0 bridgehead atoms. The molecule has 3 heteroatoms. The second-order valence-corrected chi connectivity index (χ2v) is 5.22. The smallest absolute Gasteiger partial charge is 0.161 e. The largest absolute Gasteiger partial charge is 0.373 e. The summed E-state index contributed by atoms with van der Waals surface area (Å²) in [5, 5.41) is 3.21. The predicted octanol–water partition coefficient (Wildman–Crippen LogP) is 3.29. The van der Waals surface area contributed by atoms with Crippen molar-refractivity contribution in [3.05, 3.63) is 40.6 Å². The van der Waals surface area contributed by atoms with Gasteiger partial charge < -0.3 is 5.32 Å². The summed E-state index contributed by atoms with van der Waals surface area (Å²) >= 11 is 0. The lowest BCUT2D eigenvalue weighted by Crippen LogP contribution is -2.03. The maximum Gasteiger partial charge on any atom is 0.161 e. The Hall–Kier alpha value is -1.90. The molecular formula is C16H19N3. The molecule has 1 heterocycles. The van der Waals surface area contributed by atoms with E-state index in [0.29, 0.717) is 0 Å². The minimum atomic E-state index is 0.841. The second kappa shape index (κ2) is 4.65. The Morgan fingerprint density at radius 3 is 2.63 bits per heavy atom. The van der Waals surface area contributed by atoms with Gasteiger partial charge in [0, 0.05) is 23.9 Å². The zero-order chi connectivity index (χ0) is 13.4. The molecule has 0 radical (unpaired) electrons. The lowest BCUT2D eigenvalue weighted by atomic mass is 10.1. The van der Waals surface area contributed by atoms with Crippen LogP contribution in [-0.4, -0.2) is 17.0 Å². The van der Waals surface area contributed by atoms with Crippen molar-refractivity contribution < 1.29 is 0 Å². The van der Waals surface area contributed by atoms with Crippen LogP contribution >= 0.6 is 0 Å². The van der Waals surface area contributed by atoms with E-state index in [1.807, 2.05) is 7.05 Å². The first-order valence-electron chi connectivity index (χ1n) is 6.84. The number of benzene rings is 1. The van der Waals surface area contributed by atoms with E-state index in [1.165, 1.54) is 28.8 Å². The Balaban J connectivity index is 2.12. The van der Waals surface area contributed by atoms with Crippen molar-refractivity contribution in [2.45, 2.75) is 33.1 Å². The number of aryl methyl sites for hydroxylation is 3. The highest BCUT2D eigenvalue weighted by molar-refractivity contribution is 5.62. The predicted molar refractivity (Wildman–Crippen MR) is 78.5 cm³/mol. The highest BCUT2D eigenvalue weighted by atomic mass is 15.0. The van der Waals surface area contributed by atoms with Gasteiger partial charge in [-0.1, -0.05) is 12.1 Å². The molecule has 98 valence electrons. The van der Waals surface area contributed by atoms with Gasteiger partial charge >= 0.3 is 0 Å². The van der Waals surface area contributed by atoms with E-state index in [9.17, 15) is 0 Å². The standard InChI is InChI=1S/C16H19N3/c1-10-7-8-12(9-11(10)2)15-18-14-6-4-5-13(14)16(17-3)19-15/h7-9H,4-6H2,1-3H3,(H,17,18,19). The van der Waals surface area contributed by atoms with Gasteiger partial charge in [-0.05, 0) is 50.3 Å². The van der Waals surface area contributed by atoms with Gasteiger partial charge in [0.05, 0.1) is 0 Å². The zero-order valence-corrected chi connectivity index (χ0v) is 11.7. The van der Waals surface area contributed by atoms with Crippen LogP contribution in [0.5, 0.6) is 0 Å². The van der Waals surface area contributed by atoms with Gasteiger partial charge in [0.15, 0.2) is 5.82 Å². The van der Waals surface area contributed by atoms with Gasteiger partial charge in [0.2, 0.25) is 0 Å². The molecule has 0 fully saturated rings. The van der Waals surface area contributed by atoms with Gasteiger partial charge in [0.25, 0.3) is 0 Å². The Labute approximate surface area is 114 Å². The fourth-order valence-electron chi connectivity index (χ4n) is 2.65. The van der Waals surface area contributed by atoms with Crippen LogP contribution in [0, 0.1) is 13.8 Å². The monoisotopic (exact) mass is 253 g/mol. The molecule has 0 amide bonds. The van der Waals surface area contributed by atoms with Crippen molar-refractivity contribution >= 4 is 5.82 Å². The summed E-state index contributed by atoms with van der Waals surface area (Å²) < 4.78 is 0. The Morgan fingerprint density at radius 1 is 1.05 bits per heavy atom. The second-order valence-electron chi connectivity index (χ2n) is 5.22. The van der Waals surface area contributed by atoms with E-state index in [4.69, 9.17) is 4.98 Å². The molecule has 1 aromatic carbocycles.